The van der Waals surface area contributed by atoms with Gasteiger partial charge in [-0.2, -0.15) is 0 Å². The fourth-order valence-corrected chi connectivity index (χ4v) is 6.16. The highest BCUT2D eigenvalue weighted by Gasteiger charge is 2.46. The molecule has 3 aromatic carbocycles. The van der Waals surface area contributed by atoms with E-state index in [4.69, 9.17) is 13.9 Å². The van der Waals surface area contributed by atoms with Crippen molar-refractivity contribution in [3.63, 3.8) is 0 Å². The summed E-state index contributed by atoms with van der Waals surface area (Å²) in [6.07, 6.45) is 0. The minimum absolute atomic E-state index is 0.0173. The van der Waals surface area contributed by atoms with Gasteiger partial charge >= 0.3 is 0 Å². The van der Waals surface area contributed by atoms with Gasteiger partial charge in [0, 0.05) is 9.86 Å². The molecule has 3 heterocycles. The molecule has 1 aliphatic rings. The lowest BCUT2D eigenvalue weighted by Crippen LogP contribution is -2.30. The number of methoxy groups -OCH3 is 1. The molecule has 5 aromatic rings. The molecule has 1 amide bonds. The molecule has 1 aliphatic heterocycles. The second-order valence-corrected chi connectivity index (χ2v) is 10.7. The van der Waals surface area contributed by atoms with Gasteiger partial charge in [-0.25, -0.2) is 4.98 Å². The number of aliphatic hydroxyl groups is 1. The summed E-state index contributed by atoms with van der Waals surface area (Å²) in [5.74, 6) is -0.831. The minimum Gasteiger partial charge on any atom is -0.503 e. The number of benzene rings is 3. The Balaban J connectivity index is 1.49. The number of hydrogen-bond acceptors (Lipinski definition) is 8. The summed E-state index contributed by atoms with van der Waals surface area (Å²) in [5, 5.41) is 12.1. The van der Waals surface area contributed by atoms with Crippen LogP contribution in [0.25, 0.3) is 21.2 Å². The Bertz CT molecular complexity index is 1810. The van der Waals surface area contributed by atoms with Crippen LogP contribution in [0.1, 0.15) is 29.1 Å². The first-order valence-corrected chi connectivity index (χ1v) is 13.7. The minimum atomic E-state index is -0.940. The summed E-state index contributed by atoms with van der Waals surface area (Å²) < 4.78 is 18.4. The number of furan rings is 1. The Kier molecular flexibility index (Phi) is 6.36. The molecule has 0 saturated heterocycles. The van der Waals surface area contributed by atoms with Crippen molar-refractivity contribution in [2.75, 3.05) is 18.6 Å². The lowest BCUT2D eigenvalue weighted by Gasteiger charge is -2.24. The molecule has 1 N–H and O–H groups in total. The van der Waals surface area contributed by atoms with E-state index in [1.807, 2.05) is 31.2 Å². The number of Topliss-reactive ketones (excluding diaryl/α,β-unsaturated/α-hetero) is 1. The fourth-order valence-electron chi connectivity index (χ4n) is 4.72. The van der Waals surface area contributed by atoms with Crippen LogP contribution in [0, 0.1) is 0 Å². The number of hydrogen-bond donors (Lipinski definition) is 1. The maximum atomic E-state index is 13.9. The molecule has 2 aromatic heterocycles. The van der Waals surface area contributed by atoms with E-state index >= 15 is 0 Å². The number of thiazole rings is 1. The summed E-state index contributed by atoms with van der Waals surface area (Å²) in [5.41, 5.74) is 1.60. The summed E-state index contributed by atoms with van der Waals surface area (Å²) in [4.78, 5) is 33.5. The second kappa shape index (κ2) is 9.87. The first-order valence-electron chi connectivity index (χ1n) is 12.1. The summed E-state index contributed by atoms with van der Waals surface area (Å²) in [6, 6.07) is 18.7. The number of ether oxygens (including phenoxy) is 2. The van der Waals surface area contributed by atoms with E-state index in [2.05, 4.69) is 20.9 Å². The van der Waals surface area contributed by atoms with E-state index in [0.717, 1.165) is 9.17 Å². The van der Waals surface area contributed by atoms with E-state index in [1.54, 1.807) is 42.5 Å². The molecule has 0 aliphatic carbocycles. The molecule has 0 fully saturated rings. The highest BCUT2D eigenvalue weighted by molar-refractivity contribution is 9.10. The molecular formula is C29H21BrN2O6S. The summed E-state index contributed by atoms with van der Waals surface area (Å²) in [6.45, 7) is 2.42. The third kappa shape index (κ3) is 4.25. The molecule has 10 heteroatoms. The van der Waals surface area contributed by atoms with Crippen LogP contribution in [0.2, 0.25) is 0 Å². The number of ketones is 1. The molecule has 6 rings (SSSR count). The van der Waals surface area contributed by atoms with Crippen LogP contribution in [0.3, 0.4) is 0 Å². The van der Waals surface area contributed by atoms with E-state index in [0.29, 0.717) is 45.3 Å². The van der Waals surface area contributed by atoms with Crippen LogP contribution in [0.15, 0.2) is 87.0 Å². The molecule has 0 radical (unpaired) electrons. The molecule has 0 spiro atoms. The number of carbonyl (C=O) groups excluding carboxylic acids is 2. The van der Waals surface area contributed by atoms with Crippen LogP contribution in [0.5, 0.6) is 11.5 Å². The summed E-state index contributed by atoms with van der Waals surface area (Å²) in [7, 11) is 1.51. The van der Waals surface area contributed by atoms with Gasteiger partial charge in [0.1, 0.15) is 5.75 Å². The predicted octanol–water partition coefficient (Wildman–Crippen LogP) is 7.00. The zero-order valence-electron chi connectivity index (χ0n) is 20.8. The average Bonchev–Trinajstić information content (AvgIpc) is 3.62. The number of fused-ring (bicyclic) bond motifs is 2. The maximum absolute atomic E-state index is 13.9. The number of amides is 1. The number of nitrogens with zero attached hydrogens (tertiary/aromatic N) is 2. The third-order valence-electron chi connectivity index (χ3n) is 6.43. The second-order valence-electron chi connectivity index (χ2n) is 8.77. The number of rotatable bonds is 7. The Hall–Kier alpha value is -4.15. The Labute approximate surface area is 235 Å². The zero-order valence-corrected chi connectivity index (χ0v) is 23.2. The number of anilines is 1. The van der Waals surface area contributed by atoms with E-state index in [1.165, 1.54) is 23.3 Å². The van der Waals surface area contributed by atoms with Crippen molar-refractivity contribution >= 4 is 65.3 Å². The average molecular weight is 605 g/mol. The molecule has 1 unspecified atom stereocenters. The van der Waals surface area contributed by atoms with E-state index in [-0.39, 0.29) is 11.3 Å². The van der Waals surface area contributed by atoms with Gasteiger partial charge in [-0.05, 0) is 55.0 Å². The van der Waals surface area contributed by atoms with Crippen molar-refractivity contribution in [3.8, 4) is 11.5 Å². The zero-order chi connectivity index (χ0) is 27.3. The molecule has 39 heavy (non-hydrogen) atoms. The Morgan fingerprint density at radius 2 is 1.97 bits per heavy atom. The lowest BCUT2D eigenvalue weighted by molar-refractivity contribution is -0.117. The Morgan fingerprint density at radius 1 is 1.15 bits per heavy atom. The number of carbonyl (C=O) groups is 2. The van der Waals surface area contributed by atoms with Crippen LogP contribution < -0.4 is 14.4 Å². The van der Waals surface area contributed by atoms with Crippen molar-refractivity contribution in [3.05, 3.63) is 93.9 Å². The smallest absolute Gasteiger partial charge is 0.296 e. The molecule has 8 nitrogen and oxygen atoms in total. The van der Waals surface area contributed by atoms with Crippen molar-refractivity contribution in [2.45, 2.75) is 13.0 Å². The normalized spacial score (nSPS) is 15.5. The topological polar surface area (TPSA) is 102 Å². The SMILES string of the molecule is CCOc1ccc2nc(N3C(=O)C(O)=C(C(=O)c4cc5cccc(OC)c5o4)C3c3cccc(Br)c3)sc2c1. The van der Waals surface area contributed by atoms with E-state index in [9.17, 15) is 14.7 Å². The first kappa shape index (κ1) is 25.1. The molecule has 196 valence electrons. The van der Waals surface area contributed by atoms with Crippen molar-refractivity contribution in [2.24, 2.45) is 0 Å². The third-order valence-corrected chi connectivity index (χ3v) is 7.95. The standard InChI is InChI=1S/C29H21BrN2O6S/c1-3-37-18-10-11-19-22(14-18)39-29(31-19)32-24(15-6-4-8-17(30)12-15)23(26(34)28(32)35)25(33)21-13-16-7-5-9-20(36-2)27(16)38-21/h4-14,24,34H,3H2,1-2H3. The van der Waals surface area contributed by atoms with Crippen molar-refractivity contribution < 1.29 is 28.6 Å². The molecule has 0 bridgehead atoms. The number of aliphatic hydroxyl groups excluding tert-OH is 1. The van der Waals surface area contributed by atoms with E-state index < -0.39 is 23.5 Å². The van der Waals surface area contributed by atoms with Gasteiger partial charge in [-0.3, -0.25) is 14.5 Å². The van der Waals surface area contributed by atoms with Crippen LogP contribution >= 0.6 is 27.3 Å². The molecular weight excluding hydrogens is 584 g/mol. The highest BCUT2D eigenvalue weighted by Crippen LogP contribution is 2.45. The summed E-state index contributed by atoms with van der Waals surface area (Å²) >= 11 is 4.76. The van der Waals surface area contributed by atoms with Gasteiger partial charge in [0.2, 0.25) is 5.78 Å². The monoisotopic (exact) mass is 604 g/mol. The predicted molar refractivity (Wildman–Crippen MR) is 152 cm³/mol. The largest absolute Gasteiger partial charge is 0.503 e. The van der Waals surface area contributed by atoms with Gasteiger partial charge < -0.3 is 19.0 Å². The van der Waals surface area contributed by atoms with Crippen LogP contribution in [0.4, 0.5) is 5.13 Å². The van der Waals surface area contributed by atoms with Gasteiger partial charge in [0.25, 0.3) is 5.91 Å². The fraction of sp³-hybridized carbons (Fsp3) is 0.138. The van der Waals surface area contributed by atoms with Crippen molar-refractivity contribution in [1.29, 1.82) is 0 Å². The maximum Gasteiger partial charge on any atom is 0.296 e. The lowest BCUT2D eigenvalue weighted by atomic mass is 9.95. The Morgan fingerprint density at radius 3 is 2.74 bits per heavy atom. The van der Waals surface area contributed by atoms with Crippen molar-refractivity contribution in [1.82, 2.24) is 4.98 Å². The van der Waals surface area contributed by atoms with Gasteiger partial charge in [-0.15, -0.1) is 0 Å². The molecule has 1 atom stereocenters. The highest BCUT2D eigenvalue weighted by atomic mass is 79.9. The number of halogens is 1. The van der Waals surface area contributed by atoms with Gasteiger partial charge in [0.05, 0.1) is 35.5 Å². The number of para-hydroxylation sites is 1. The molecule has 0 saturated carbocycles. The quantitative estimate of drug-likeness (QED) is 0.200. The number of aromatic nitrogens is 1. The first-order chi connectivity index (χ1) is 18.9. The van der Waals surface area contributed by atoms with Crippen LogP contribution in [-0.4, -0.2) is 35.5 Å². The van der Waals surface area contributed by atoms with Gasteiger partial charge in [0.15, 0.2) is 28.0 Å². The van der Waals surface area contributed by atoms with Gasteiger partial charge in [-0.1, -0.05) is 51.5 Å². The van der Waals surface area contributed by atoms with Crippen LogP contribution in [-0.2, 0) is 4.79 Å².